The van der Waals surface area contributed by atoms with Gasteiger partial charge in [-0.25, -0.2) is 0 Å². The topological polar surface area (TPSA) is 38.3 Å². The number of carbonyl (C=O) groups excluding carboxylic acids is 1. The number of halogens is 3. The minimum atomic E-state index is -4.47. The highest BCUT2D eigenvalue weighted by atomic mass is 19.4. The van der Waals surface area contributed by atoms with Crippen molar-refractivity contribution in [2.75, 3.05) is 20.2 Å². The number of alkyl halides is 3. The third-order valence-electron chi connectivity index (χ3n) is 3.46. The number of Topliss-reactive ketones (excluding diaryl/α,β-unsaturated/α-hetero) is 1. The van der Waals surface area contributed by atoms with E-state index < -0.39 is 11.7 Å². The molecule has 3 nitrogen and oxygen atoms in total. The number of ether oxygens (including phenoxy) is 1. The Morgan fingerprint density at radius 3 is 2.70 bits per heavy atom. The van der Waals surface area contributed by atoms with E-state index in [0.717, 1.165) is 25.1 Å². The van der Waals surface area contributed by atoms with E-state index in [9.17, 15) is 18.0 Å². The first-order valence-corrected chi connectivity index (χ1v) is 6.43. The molecule has 1 aromatic carbocycles. The van der Waals surface area contributed by atoms with E-state index in [0.29, 0.717) is 13.0 Å². The highest BCUT2D eigenvalue weighted by Crippen LogP contribution is 2.33. The lowest BCUT2D eigenvalue weighted by Crippen LogP contribution is -2.34. The fourth-order valence-electron chi connectivity index (χ4n) is 2.37. The molecule has 1 aliphatic rings. The van der Waals surface area contributed by atoms with E-state index in [1.165, 1.54) is 13.2 Å². The average molecular weight is 287 g/mol. The number of methoxy groups -OCH3 is 1. The van der Waals surface area contributed by atoms with E-state index >= 15 is 0 Å². The first-order valence-electron chi connectivity index (χ1n) is 6.43. The fraction of sp³-hybridized carbons (Fsp3) is 0.500. The van der Waals surface area contributed by atoms with E-state index in [1.807, 2.05) is 0 Å². The van der Waals surface area contributed by atoms with E-state index in [2.05, 4.69) is 5.32 Å². The summed E-state index contributed by atoms with van der Waals surface area (Å²) < 4.78 is 43.3. The Kier molecular flexibility index (Phi) is 4.32. The molecule has 110 valence electrons. The number of benzene rings is 1. The molecule has 0 amide bonds. The van der Waals surface area contributed by atoms with Crippen molar-refractivity contribution in [3.63, 3.8) is 0 Å². The van der Waals surface area contributed by atoms with E-state index in [1.54, 1.807) is 0 Å². The van der Waals surface area contributed by atoms with Gasteiger partial charge in [-0.1, -0.05) is 0 Å². The fourth-order valence-corrected chi connectivity index (χ4v) is 2.37. The zero-order valence-corrected chi connectivity index (χ0v) is 11.1. The Morgan fingerprint density at radius 2 is 2.15 bits per heavy atom. The molecule has 1 atom stereocenters. The predicted octanol–water partition coefficient (Wildman–Crippen LogP) is 2.90. The van der Waals surface area contributed by atoms with Crippen LogP contribution in [0.15, 0.2) is 18.2 Å². The summed E-state index contributed by atoms with van der Waals surface area (Å²) in [4.78, 5) is 12.4. The minimum absolute atomic E-state index is 0.0102. The summed E-state index contributed by atoms with van der Waals surface area (Å²) in [6, 6.07) is 3.01. The monoisotopic (exact) mass is 287 g/mol. The molecule has 1 fully saturated rings. The SMILES string of the molecule is COc1ccc(C(F)(F)F)cc1C(=O)C1CCCNC1. The smallest absolute Gasteiger partial charge is 0.416 e. The van der Waals surface area contributed by atoms with E-state index in [-0.39, 0.29) is 23.0 Å². The van der Waals surface area contributed by atoms with Crippen LogP contribution in [-0.4, -0.2) is 26.0 Å². The van der Waals surface area contributed by atoms with Crippen LogP contribution in [0.3, 0.4) is 0 Å². The molecule has 0 saturated carbocycles. The molecule has 1 N–H and O–H groups in total. The van der Waals surface area contributed by atoms with Gasteiger partial charge < -0.3 is 10.1 Å². The van der Waals surface area contributed by atoms with Crippen molar-refractivity contribution in [2.24, 2.45) is 5.92 Å². The second kappa shape index (κ2) is 5.83. The van der Waals surface area contributed by atoms with Crippen LogP contribution in [0.25, 0.3) is 0 Å². The van der Waals surface area contributed by atoms with Crippen molar-refractivity contribution < 1.29 is 22.7 Å². The zero-order chi connectivity index (χ0) is 14.8. The molecular formula is C14H16F3NO2. The standard InChI is InChI=1S/C14H16F3NO2/c1-20-12-5-4-10(14(15,16)17)7-11(12)13(19)9-3-2-6-18-8-9/h4-5,7,9,18H,2-3,6,8H2,1H3. The summed E-state index contributed by atoms with van der Waals surface area (Å²) >= 11 is 0. The molecular weight excluding hydrogens is 271 g/mol. The summed E-state index contributed by atoms with van der Waals surface area (Å²) in [5.41, 5.74) is -0.818. The maximum Gasteiger partial charge on any atom is 0.416 e. The lowest BCUT2D eigenvalue weighted by Gasteiger charge is -2.22. The maximum atomic E-state index is 12.7. The summed E-state index contributed by atoms with van der Waals surface area (Å²) in [7, 11) is 1.35. The highest BCUT2D eigenvalue weighted by Gasteiger charge is 2.33. The Bertz CT molecular complexity index is 494. The molecule has 1 saturated heterocycles. The second-order valence-corrected chi connectivity index (χ2v) is 4.82. The van der Waals surface area contributed by atoms with Gasteiger partial charge in [-0.2, -0.15) is 13.2 Å². The lowest BCUT2D eigenvalue weighted by atomic mass is 9.90. The molecule has 0 spiro atoms. The molecule has 0 aromatic heterocycles. The van der Waals surface area contributed by atoms with Gasteiger partial charge in [-0.15, -0.1) is 0 Å². The molecule has 1 heterocycles. The van der Waals surface area contributed by atoms with Gasteiger partial charge in [-0.3, -0.25) is 4.79 Å². The second-order valence-electron chi connectivity index (χ2n) is 4.82. The third-order valence-corrected chi connectivity index (χ3v) is 3.46. The van der Waals surface area contributed by atoms with Crippen LogP contribution in [0.2, 0.25) is 0 Å². The van der Waals surface area contributed by atoms with Crippen molar-refractivity contribution in [3.05, 3.63) is 29.3 Å². The first-order chi connectivity index (χ1) is 9.43. The van der Waals surface area contributed by atoms with Crippen LogP contribution in [0.5, 0.6) is 5.75 Å². The minimum Gasteiger partial charge on any atom is -0.496 e. The molecule has 0 radical (unpaired) electrons. The summed E-state index contributed by atoms with van der Waals surface area (Å²) in [5.74, 6) is -0.394. The average Bonchev–Trinajstić information content (AvgIpc) is 2.45. The van der Waals surface area contributed by atoms with Gasteiger partial charge in [0.05, 0.1) is 18.2 Å². The Hall–Kier alpha value is -1.56. The molecule has 2 rings (SSSR count). The van der Waals surface area contributed by atoms with Crippen LogP contribution in [0, 0.1) is 5.92 Å². The molecule has 0 bridgehead atoms. The number of carbonyl (C=O) groups is 1. The third kappa shape index (κ3) is 3.12. The van der Waals surface area contributed by atoms with Crippen LogP contribution >= 0.6 is 0 Å². The van der Waals surface area contributed by atoms with Gasteiger partial charge in [0.25, 0.3) is 0 Å². The molecule has 1 aromatic rings. The van der Waals surface area contributed by atoms with Crippen LogP contribution in [0.4, 0.5) is 13.2 Å². The largest absolute Gasteiger partial charge is 0.496 e. The summed E-state index contributed by atoms with van der Waals surface area (Å²) in [6.07, 6.45) is -2.94. The molecule has 0 aliphatic carbocycles. The van der Waals surface area contributed by atoms with Crippen molar-refractivity contribution in [2.45, 2.75) is 19.0 Å². The number of rotatable bonds is 3. The van der Waals surface area contributed by atoms with Gasteiger partial charge in [0.2, 0.25) is 0 Å². The van der Waals surface area contributed by atoms with Gasteiger partial charge in [-0.05, 0) is 37.6 Å². The maximum absolute atomic E-state index is 12.7. The molecule has 1 unspecified atom stereocenters. The molecule has 20 heavy (non-hydrogen) atoms. The van der Waals surface area contributed by atoms with Gasteiger partial charge in [0.15, 0.2) is 5.78 Å². The van der Waals surface area contributed by atoms with Crippen LogP contribution in [0.1, 0.15) is 28.8 Å². The van der Waals surface area contributed by atoms with Crippen molar-refractivity contribution >= 4 is 5.78 Å². The van der Waals surface area contributed by atoms with Crippen molar-refractivity contribution in [1.82, 2.24) is 5.32 Å². The number of hydrogen-bond donors (Lipinski definition) is 1. The summed E-state index contributed by atoms with van der Waals surface area (Å²) in [6.45, 7) is 1.34. The van der Waals surface area contributed by atoms with Gasteiger partial charge >= 0.3 is 6.18 Å². The normalized spacial score (nSPS) is 19.7. The van der Waals surface area contributed by atoms with Crippen LogP contribution < -0.4 is 10.1 Å². The van der Waals surface area contributed by atoms with E-state index in [4.69, 9.17) is 4.74 Å². The van der Waals surface area contributed by atoms with Crippen molar-refractivity contribution in [1.29, 1.82) is 0 Å². The quantitative estimate of drug-likeness (QED) is 0.869. The van der Waals surface area contributed by atoms with Crippen molar-refractivity contribution in [3.8, 4) is 5.75 Å². The Balaban J connectivity index is 2.34. The van der Waals surface area contributed by atoms with Gasteiger partial charge in [0, 0.05) is 12.5 Å². The zero-order valence-electron chi connectivity index (χ0n) is 11.1. The lowest BCUT2D eigenvalue weighted by molar-refractivity contribution is -0.137. The first kappa shape index (κ1) is 14.8. The number of piperidine rings is 1. The predicted molar refractivity (Wildman–Crippen MR) is 67.9 cm³/mol. The molecule has 6 heteroatoms. The highest BCUT2D eigenvalue weighted by molar-refractivity contribution is 6.00. The molecule has 1 aliphatic heterocycles. The van der Waals surface area contributed by atoms with Gasteiger partial charge in [0.1, 0.15) is 5.75 Å². The number of hydrogen-bond acceptors (Lipinski definition) is 3. The summed E-state index contributed by atoms with van der Waals surface area (Å²) in [5, 5.41) is 3.08. The number of ketones is 1. The van der Waals surface area contributed by atoms with Crippen LogP contribution in [-0.2, 0) is 6.18 Å². The Labute approximate surface area is 115 Å². The number of nitrogens with one attached hydrogen (secondary N) is 1. The Morgan fingerprint density at radius 1 is 1.40 bits per heavy atom.